The maximum atomic E-state index is 13.9. The van der Waals surface area contributed by atoms with Gasteiger partial charge in [-0.15, -0.1) is 0 Å². The zero-order valence-corrected chi connectivity index (χ0v) is 12.7. The Kier molecular flexibility index (Phi) is 4.90. The average molecular weight is 308 g/mol. The highest BCUT2D eigenvalue weighted by Gasteiger charge is 2.23. The standard InChI is InChI=1S/C16H18F2N2O2/c1-9(2)6-7-19-16(21)14-10(3)22-20-15(14)12-5-4-11(17)8-13(12)18/h4-5,8-9H,6-7H2,1-3H3,(H,19,21). The molecule has 0 aliphatic carbocycles. The molecular formula is C16H18F2N2O2. The van der Waals surface area contributed by atoms with E-state index in [0.717, 1.165) is 18.6 Å². The molecule has 0 atom stereocenters. The molecule has 2 aromatic rings. The van der Waals surface area contributed by atoms with Crippen LogP contribution in [0, 0.1) is 24.5 Å². The molecule has 0 radical (unpaired) electrons. The van der Waals surface area contributed by atoms with Crippen LogP contribution in [0.3, 0.4) is 0 Å². The van der Waals surface area contributed by atoms with Gasteiger partial charge in [0.05, 0.1) is 0 Å². The molecule has 1 heterocycles. The predicted molar refractivity (Wildman–Crippen MR) is 78.4 cm³/mol. The summed E-state index contributed by atoms with van der Waals surface area (Å²) in [5, 5.41) is 6.51. The van der Waals surface area contributed by atoms with Gasteiger partial charge in [0.25, 0.3) is 5.91 Å². The van der Waals surface area contributed by atoms with E-state index in [4.69, 9.17) is 4.52 Å². The first-order chi connectivity index (χ1) is 10.4. The van der Waals surface area contributed by atoms with Gasteiger partial charge in [-0.25, -0.2) is 8.78 Å². The fraction of sp³-hybridized carbons (Fsp3) is 0.375. The molecule has 0 unspecified atom stereocenters. The summed E-state index contributed by atoms with van der Waals surface area (Å²) in [7, 11) is 0. The van der Waals surface area contributed by atoms with Gasteiger partial charge in [0.2, 0.25) is 0 Å². The van der Waals surface area contributed by atoms with Crippen molar-refractivity contribution in [3.05, 3.63) is 41.2 Å². The minimum Gasteiger partial charge on any atom is -0.360 e. The van der Waals surface area contributed by atoms with Crippen molar-refractivity contribution in [3.63, 3.8) is 0 Å². The second kappa shape index (κ2) is 6.68. The molecule has 0 spiro atoms. The van der Waals surface area contributed by atoms with Crippen molar-refractivity contribution in [1.82, 2.24) is 10.5 Å². The fourth-order valence-electron chi connectivity index (χ4n) is 2.07. The summed E-state index contributed by atoms with van der Waals surface area (Å²) in [5.41, 5.74) is 0.290. The second-order valence-electron chi connectivity index (χ2n) is 5.52. The van der Waals surface area contributed by atoms with Crippen molar-refractivity contribution in [2.45, 2.75) is 27.2 Å². The lowest BCUT2D eigenvalue weighted by Gasteiger charge is -2.08. The number of nitrogens with one attached hydrogen (secondary N) is 1. The van der Waals surface area contributed by atoms with Crippen LogP contribution in [-0.4, -0.2) is 17.6 Å². The van der Waals surface area contributed by atoms with Crippen LogP contribution in [0.1, 0.15) is 36.4 Å². The molecule has 2 rings (SSSR count). The molecule has 0 aliphatic heterocycles. The number of aromatic nitrogens is 1. The van der Waals surface area contributed by atoms with Crippen molar-refractivity contribution >= 4 is 5.91 Å². The van der Waals surface area contributed by atoms with Gasteiger partial charge < -0.3 is 9.84 Å². The number of amides is 1. The van der Waals surface area contributed by atoms with E-state index in [1.54, 1.807) is 6.92 Å². The van der Waals surface area contributed by atoms with Gasteiger partial charge in [-0.1, -0.05) is 19.0 Å². The van der Waals surface area contributed by atoms with E-state index in [-0.39, 0.29) is 22.7 Å². The van der Waals surface area contributed by atoms with Crippen LogP contribution in [0.5, 0.6) is 0 Å². The Balaban J connectivity index is 2.29. The number of nitrogens with zero attached hydrogens (tertiary/aromatic N) is 1. The van der Waals surface area contributed by atoms with Gasteiger partial charge in [-0.05, 0) is 31.4 Å². The van der Waals surface area contributed by atoms with Crippen molar-refractivity contribution < 1.29 is 18.1 Å². The van der Waals surface area contributed by atoms with Gasteiger partial charge in [0.15, 0.2) is 0 Å². The molecule has 1 amide bonds. The van der Waals surface area contributed by atoms with Crippen molar-refractivity contribution in [3.8, 4) is 11.3 Å². The number of halogens is 2. The van der Waals surface area contributed by atoms with Crippen LogP contribution in [0.4, 0.5) is 8.78 Å². The molecule has 0 saturated carbocycles. The minimum atomic E-state index is -0.787. The maximum Gasteiger partial charge on any atom is 0.257 e. The number of rotatable bonds is 5. The average Bonchev–Trinajstić information content (AvgIpc) is 2.80. The lowest BCUT2D eigenvalue weighted by Crippen LogP contribution is -2.26. The van der Waals surface area contributed by atoms with E-state index in [1.807, 2.05) is 0 Å². The van der Waals surface area contributed by atoms with Gasteiger partial charge in [0.1, 0.15) is 28.7 Å². The SMILES string of the molecule is Cc1onc(-c2ccc(F)cc2F)c1C(=O)NCCC(C)C. The number of carbonyl (C=O) groups is 1. The number of benzene rings is 1. The van der Waals surface area contributed by atoms with Crippen LogP contribution < -0.4 is 5.32 Å². The summed E-state index contributed by atoms with van der Waals surface area (Å²) in [5.74, 6) is -1.11. The first-order valence-corrected chi connectivity index (χ1v) is 7.10. The quantitative estimate of drug-likeness (QED) is 0.916. The highest BCUT2D eigenvalue weighted by molar-refractivity contribution is 6.00. The summed E-state index contributed by atoms with van der Waals surface area (Å²) >= 11 is 0. The zero-order valence-electron chi connectivity index (χ0n) is 12.7. The fourth-order valence-corrected chi connectivity index (χ4v) is 2.07. The largest absolute Gasteiger partial charge is 0.360 e. The topological polar surface area (TPSA) is 55.1 Å². The van der Waals surface area contributed by atoms with Crippen LogP contribution in [0.2, 0.25) is 0 Å². The third-order valence-electron chi connectivity index (χ3n) is 3.28. The highest BCUT2D eigenvalue weighted by Crippen LogP contribution is 2.27. The van der Waals surface area contributed by atoms with Crippen molar-refractivity contribution in [1.29, 1.82) is 0 Å². The smallest absolute Gasteiger partial charge is 0.257 e. The Hall–Kier alpha value is -2.24. The van der Waals surface area contributed by atoms with Gasteiger partial charge >= 0.3 is 0 Å². The molecule has 22 heavy (non-hydrogen) atoms. The molecule has 6 heteroatoms. The highest BCUT2D eigenvalue weighted by atomic mass is 19.1. The third kappa shape index (κ3) is 3.50. The normalized spacial score (nSPS) is 11.0. The van der Waals surface area contributed by atoms with Gasteiger partial charge in [0, 0.05) is 18.2 Å². The monoisotopic (exact) mass is 308 g/mol. The van der Waals surface area contributed by atoms with Gasteiger partial charge in [-0.3, -0.25) is 4.79 Å². The summed E-state index contributed by atoms with van der Waals surface area (Å²) in [6, 6.07) is 3.11. The molecule has 1 aromatic heterocycles. The van der Waals surface area contributed by atoms with E-state index >= 15 is 0 Å². The summed E-state index contributed by atoms with van der Waals surface area (Å²) in [6.45, 7) is 6.19. The molecule has 4 nitrogen and oxygen atoms in total. The second-order valence-corrected chi connectivity index (χ2v) is 5.52. The first kappa shape index (κ1) is 16.1. The Morgan fingerprint density at radius 1 is 1.36 bits per heavy atom. The lowest BCUT2D eigenvalue weighted by atomic mass is 10.0. The molecule has 0 aliphatic rings. The summed E-state index contributed by atoms with van der Waals surface area (Å²) in [4.78, 5) is 12.3. The maximum absolute atomic E-state index is 13.9. The molecule has 0 bridgehead atoms. The predicted octanol–water partition coefficient (Wildman–Crippen LogP) is 3.70. The van der Waals surface area contributed by atoms with Gasteiger partial charge in [-0.2, -0.15) is 0 Å². The van der Waals surface area contributed by atoms with Crippen LogP contribution in [-0.2, 0) is 0 Å². The lowest BCUT2D eigenvalue weighted by molar-refractivity contribution is 0.0951. The number of hydrogen-bond acceptors (Lipinski definition) is 3. The molecule has 1 N–H and O–H groups in total. The number of carbonyl (C=O) groups excluding carboxylic acids is 1. The minimum absolute atomic E-state index is 0.0345. The van der Waals surface area contributed by atoms with E-state index in [9.17, 15) is 13.6 Å². The summed E-state index contributed by atoms with van der Waals surface area (Å²) in [6.07, 6.45) is 0.830. The molecular weight excluding hydrogens is 290 g/mol. The molecule has 0 fully saturated rings. The summed E-state index contributed by atoms with van der Waals surface area (Å²) < 4.78 is 31.9. The molecule has 0 saturated heterocycles. The van der Waals surface area contributed by atoms with E-state index < -0.39 is 11.6 Å². The Morgan fingerprint density at radius 3 is 2.73 bits per heavy atom. The van der Waals surface area contributed by atoms with Crippen LogP contribution >= 0.6 is 0 Å². The number of aryl methyl sites for hydroxylation is 1. The third-order valence-corrected chi connectivity index (χ3v) is 3.28. The van der Waals surface area contributed by atoms with E-state index in [2.05, 4.69) is 24.3 Å². The Labute approximate surface area is 127 Å². The Bertz CT molecular complexity index is 681. The number of hydrogen-bond donors (Lipinski definition) is 1. The first-order valence-electron chi connectivity index (χ1n) is 7.10. The van der Waals surface area contributed by atoms with Crippen molar-refractivity contribution in [2.75, 3.05) is 6.54 Å². The Morgan fingerprint density at radius 2 is 2.09 bits per heavy atom. The van der Waals surface area contributed by atoms with E-state index in [0.29, 0.717) is 18.2 Å². The van der Waals surface area contributed by atoms with E-state index in [1.165, 1.54) is 6.07 Å². The molecule has 118 valence electrons. The zero-order chi connectivity index (χ0) is 16.3. The van der Waals surface area contributed by atoms with Crippen LogP contribution in [0.15, 0.2) is 22.7 Å². The molecule has 1 aromatic carbocycles. The van der Waals surface area contributed by atoms with Crippen molar-refractivity contribution in [2.24, 2.45) is 5.92 Å². The van der Waals surface area contributed by atoms with Crippen LogP contribution in [0.25, 0.3) is 11.3 Å².